The maximum absolute atomic E-state index is 13.5. The van der Waals surface area contributed by atoms with Gasteiger partial charge in [-0.1, -0.05) is 31.0 Å². The van der Waals surface area contributed by atoms with Gasteiger partial charge in [-0.15, -0.1) is 10.2 Å². The second-order valence-corrected chi connectivity index (χ2v) is 9.36. The van der Waals surface area contributed by atoms with Crippen LogP contribution in [0.2, 0.25) is 0 Å². The number of hydrogen-bond donors (Lipinski definition) is 2. The van der Waals surface area contributed by atoms with Crippen LogP contribution in [0.4, 0.5) is 4.39 Å². The zero-order chi connectivity index (χ0) is 21.0. The number of nitrogens with zero attached hydrogens (tertiary/aromatic N) is 3. The van der Waals surface area contributed by atoms with Crippen molar-refractivity contribution in [3.05, 3.63) is 35.9 Å². The molecule has 1 aliphatic carbocycles. The molecule has 1 heterocycles. The van der Waals surface area contributed by atoms with Crippen LogP contribution in [0.1, 0.15) is 57.8 Å². The fourth-order valence-electron chi connectivity index (χ4n) is 3.51. The maximum atomic E-state index is 13.5. The average Bonchev–Trinajstić information content (AvgIpc) is 3.12. The van der Waals surface area contributed by atoms with Crippen molar-refractivity contribution in [2.24, 2.45) is 0 Å². The number of nitrogens with one attached hydrogen (secondary N) is 2. The Labute approximate surface area is 176 Å². The largest absolute Gasteiger partial charge is 0.352 e. The van der Waals surface area contributed by atoms with Gasteiger partial charge in [-0.3, -0.25) is 9.36 Å². The molecule has 6 nitrogen and oxygen atoms in total. The summed E-state index contributed by atoms with van der Waals surface area (Å²) in [6.45, 7) is 3.97. The molecule has 0 saturated heterocycles. The molecule has 0 spiro atoms. The Morgan fingerprint density at radius 1 is 1.17 bits per heavy atom. The average molecular weight is 421 g/mol. The number of thioether (sulfide) groups is 1. The van der Waals surface area contributed by atoms with Crippen LogP contribution in [0.15, 0.2) is 29.4 Å². The molecule has 1 aliphatic rings. The van der Waals surface area contributed by atoms with Crippen LogP contribution < -0.4 is 10.2 Å². The van der Waals surface area contributed by atoms with Gasteiger partial charge >= 0.3 is 0 Å². The lowest BCUT2D eigenvalue weighted by atomic mass is 9.95. The highest BCUT2D eigenvalue weighted by atomic mass is 32.2. The van der Waals surface area contributed by atoms with E-state index in [4.69, 9.17) is 0 Å². The molecule has 3 rings (SSSR count). The van der Waals surface area contributed by atoms with Gasteiger partial charge in [-0.05, 0) is 51.0 Å². The quantitative estimate of drug-likeness (QED) is 0.676. The summed E-state index contributed by atoms with van der Waals surface area (Å²) in [5.74, 6) is 0.534. The minimum Gasteiger partial charge on any atom is -0.352 e. The zero-order valence-electron chi connectivity index (χ0n) is 17.6. The summed E-state index contributed by atoms with van der Waals surface area (Å²) in [5, 5.41) is 12.3. The molecule has 2 aromatic rings. The predicted octanol–water partition coefficient (Wildman–Crippen LogP) is 2.54. The van der Waals surface area contributed by atoms with Crippen LogP contribution >= 0.6 is 11.8 Å². The van der Waals surface area contributed by atoms with Crippen molar-refractivity contribution in [1.29, 1.82) is 0 Å². The topological polar surface area (TPSA) is 64.2 Å². The molecule has 0 unspecified atom stereocenters. The summed E-state index contributed by atoms with van der Waals surface area (Å²) >= 11 is 1.39. The van der Waals surface area contributed by atoms with Crippen molar-refractivity contribution in [2.75, 3.05) is 14.1 Å². The van der Waals surface area contributed by atoms with Gasteiger partial charge in [-0.25, -0.2) is 4.39 Å². The Balaban J connectivity index is 1.82. The molecule has 1 amide bonds. The van der Waals surface area contributed by atoms with Gasteiger partial charge in [0.2, 0.25) is 5.91 Å². The van der Waals surface area contributed by atoms with E-state index in [2.05, 4.69) is 36.5 Å². The fraction of sp³-hybridized carbons (Fsp3) is 0.571. The highest BCUT2D eigenvalue weighted by Gasteiger charge is 2.27. The van der Waals surface area contributed by atoms with Crippen molar-refractivity contribution >= 4 is 17.7 Å². The van der Waals surface area contributed by atoms with E-state index in [1.165, 1.54) is 48.1 Å². The Bertz CT molecular complexity index is 817. The van der Waals surface area contributed by atoms with Gasteiger partial charge in [0, 0.05) is 11.7 Å². The van der Waals surface area contributed by atoms with Crippen LogP contribution in [-0.2, 0) is 4.79 Å². The highest BCUT2D eigenvalue weighted by molar-refractivity contribution is 8.00. The van der Waals surface area contributed by atoms with Gasteiger partial charge in [0.15, 0.2) is 11.0 Å². The highest BCUT2D eigenvalue weighted by Crippen LogP contribution is 2.28. The number of hydrogen-bond acceptors (Lipinski definition) is 4. The van der Waals surface area contributed by atoms with Crippen molar-refractivity contribution < 1.29 is 14.1 Å². The monoisotopic (exact) mass is 420 g/mol. The molecule has 2 atom stereocenters. The molecule has 0 radical (unpaired) electrons. The van der Waals surface area contributed by atoms with E-state index in [-0.39, 0.29) is 29.1 Å². The van der Waals surface area contributed by atoms with E-state index in [1.54, 1.807) is 12.1 Å². The SMILES string of the molecule is C[C@H](Sc1nnc([C@@H](C)[NH+](C)C)n1-c1ccc(F)cc1)C(=O)NC1CCCCC1. The first-order valence-electron chi connectivity index (χ1n) is 10.3. The third-order valence-electron chi connectivity index (χ3n) is 5.60. The number of carbonyl (C=O) groups is 1. The Hall–Kier alpha value is -1.93. The minimum absolute atomic E-state index is 0.0309. The Kier molecular flexibility index (Phi) is 7.29. The lowest BCUT2D eigenvalue weighted by Gasteiger charge is -2.24. The second-order valence-electron chi connectivity index (χ2n) is 8.06. The first-order chi connectivity index (χ1) is 13.9. The van der Waals surface area contributed by atoms with Crippen LogP contribution in [0.25, 0.3) is 5.69 Å². The summed E-state index contributed by atoms with van der Waals surface area (Å²) in [5.41, 5.74) is 0.793. The third-order valence-corrected chi connectivity index (χ3v) is 6.64. The molecular weight excluding hydrogens is 389 g/mol. The normalized spacial score (nSPS) is 17.3. The number of quaternary nitrogens is 1. The first kappa shape index (κ1) is 21.8. The van der Waals surface area contributed by atoms with E-state index < -0.39 is 0 Å². The summed E-state index contributed by atoms with van der Waals surface area (Å²) < 4.78 is 15.4. The van der Waals surface area contributed by atoms with Gasteiger partial charge in [0.05, 0.1) is 19.3 Å². The van der Waals surface area contributed by atoms with Crippen molar-refractivity contribution in [2.45, 2.75) is 68.4 Å². The fourth-order valence-corrected chi connectivity index (χ4v) is 4.39. The molecule has 1 aromatic carbocycles. The molecule has 1 fully saturated rings. The Morgan fingerprint density at radius 3 is 2.45 bits per heavy atom. The third kappa shape index (κ3) is 5.36. The molecule has 2 N–H and O–H groups in total. The summed E-state index contributed by atoms with van der Waals surface area (Å²) in [4.78, 5) is 13.9. The Morgan fingerprint density at radius 2 is 1.83 bits per heavy atom. The molecule has 8 heteroatoms. The lowest BCUT2D eigenvalue weighted by molar-refractivity contribution is -0.890. The summed E-state index contributed by atoms with van der Waals surface area (Å²) in [7, 11) is 4.11. The molecule has 0 bridgehead atoms. The first-order valence-corrected chi connectivity index (χ1v) is 11.2. The molecule has 29 heavy (non-hydrogen) atoms. The number of benzene rings is 1. The van der Waals surface area contributed by atoms with Crippen LogP contribution in [0.3, 0.4) is 0 Å². The smallest absolute Gasteiger partial charge is 0.233 e. The lowest BCUT2D eigenvalue weighted by Crippen LogP contribution is -3.05. The number of halogens is 1. The van der Waals surface area contributed by atoms with Crippen molar-refractivity contribution in [1.82, 2.24) is 20.1 Å². The van der Waals surface area contributed by atoms with Gasteiger partial charge in [-0.2, -0.15) is 0 Å². The number of carbonyl (C=O) groups excluding carboxylic acids is 1. The number of amides is 1. The van der Waals surface area contributed by atoms with E-state index in [9.17, 15) is 9.18 Å². The minimum atomic E-state index is -0.296. The standard InChI is InChI=1S/C21H30FN5OS/c1-14(26(3)4)19-24-25-21(27(19)18-12-10-16(22)11-13-18)29-15(2)20(28)23-17-8-6-5-7-9-17/h10-15,17H,5-9H2,1-4H3,(H,23,28)/p+1/t14-,15+/m1/s1. The van der Waals surface area contributed by atoms with E-state index >= 15 is 0 Å². The maximum Gasteiger partial charge on any atom is 0.233 e. The second kappa shape index (κ2) is 9.71. The van der Waals surface area contributed by atoms with E-state index in [0.29, 0.717) is 5.16 Å². The van der Waals surface area contributed by atoms with Crippen LogP contribution in [0, 0.1) is 5.82 Å². The zero-order valence-corrected chi connectivity index (χ0v) is 18.4. The van der Waals surface area contributed by atoms with E-state index in [1.807, 2.05) is 11.5 Å². The molecular formula is C21H31FN5OS+. The molecule has 158 valence electrons. The van der Waals surface area contributed by atoms with Gasteiger partial charge in [0.25, 0.3) is 0 Å². The molecule has 1 aromatic heterocycles. The van der Waals surface area contributed by atoms with Gasteiger partial charge in [0.1, 0.15) is 11.9 Å². The number of aromatic nitrogens is 3. The number of rotatable bonds is 7. The molecule has 0 aliphatic heterocycles. The van der Waals surface area contributed by atoms with Gasteiger partial charge < -0.3 is 10.2 Å². The van der Waals surface area contributed by atoms with Crippen molar-refractivity contribution in [3.8, 4) is 5.69 Å². The predicted molar refractivity (Wildman–Crippen MR) is 113 cm³/mol. The summed E-state index contributed by atoms with van der Waals surface area (Å²) in [6, 6.07) is 6.67. The van der Waals surface area contributed by atoms with Crippen molar-refractivity contribution in [3.63, 3.8) is 0 Å². The molecule has 1 saturated carbocycles. The van der Waals surface area contributed by atoms with Crippen LogP contribution in [0.5, 0.6) is 0 Å². The van der Waals surface area contributed by atoms with E-state index in [0.717, 1.165) is 24.4 Å². The van der Waals surface area contributed by atoms with Crippen LogP contribution in [-0.4, -0.2) is 46.1 Å². The summed E-state index contributed by atoms with van der Waals surface area (Å²) in [6.07, 6.45) is 5.73.